The van der Waals surface area contributed by atoms with E-state index in [0.29, 0.717) is 5.82 Å². The number of aromatic nitrogens is 2. The van der Waals surface area contributed by atoms with Gasteiger partial charge in [0.2, 0.25) is 0 Å². The fourth-order valence-corrected chi connectivity index (χ4v) is 12.5. The highest BCUT2D eigenvalue weighted by Gasteiger charge is 2.51. The maximum atomic E-state index is 5.46. The topological polar surface area (TPSA) is 25.8 Å². The number of hydrogen-bond acceptors (Lipinski definition) is 3. The summed E-state index contributed by atoms with van der Waals surface area (Å²) in [5.74, 6) is 0.692. The molecule has 316 valence electrons. The molecule has 0 unspecified atom stereocenters. The van der Waals surface area contributed by atoms with Crippen LogP contribution in [0.25, 0.3) is 110 Å². The summed E-state index contributed by atoms with van der Waals surface area (Å²) in [6.45, 7) is 0. The van der Waals surface area contributed by atoms with Crippen molar-refractivity contribution in [3.8, 4) is 89.5 Å². The van der Waals surface area contributed by atoms with Crippen LogP contribution in [0.5, 0.6) is 0 Å². The number of benzene rings is 10. The van der Waals surface area contributed by atoms with Crippen molar-refractivity contribution < 1.29 is 0 Å². The second-order valence-corrected chi connectivity index (χ2v) is 19.1. The number of hydrogen-bond donors (Lipinski definition) is 0. The molecule has 2 aliphatic rings. The second-order valence-electron chi connectivity index (χ2n) is 18.0. The van der Waals surface area contributed by atoms with E-state index in [1.807, 2.05) is 11.3 Å². The Hall–Kier alpha value is -8.50. The standard InChI is InChI=1S/C65H40N2S/c1-3-17-41(18-4-1)43-21-15-22-44(35-43)46-36-47(49-27-16-28-55-54-26-10-14-32-62(54)68-63(49)55)38-48(37-46)61-40-60(66-64(67-61)42-19-5-2-6-20-42)45-33-34-53-52-25-9-13-31-58(52)65(59(53)39-45)56-29-11-7-23-50(56)51-24-8-12-30-57(51)65/h1-40H. The molecule has 2 aliphatic carbocycles. The molecule has 3 heteroatoms. The molecule has 0 N–H and O–H groups in total. The smallest absolute Gasteiger partial charge is 0.160 e. The van der Waals surface area contributed by atoms with Crippen molar-refractivity contribution >= 4 is 31.5 Å². The third-order valence-corrected chi connectivity index (χ3v) is 15.5. The Morgan fingerprint density at radius 2 is 0.765 bits per heavy atom. The number of nitrogens with zero attached hydrogens (tertiary/aromatic N) is 2. The Bertz CT molecular complexity index is 3910. The van der Waals surface area contributed by atoms with Gasteiger partial charge in [-0.05, 0) is 120 Å². The van der Waals surface area contributed by atoms with Crippen molar-refractivity contribution in [3.05, 3.63) is 265 Å². The first-order valence-corrected chi connectivity index (χ1v) is 24.1. The van der Waals surface area contributed by atoms with E-state index < -0.39 is 5.41 Å². The lowest BCUT2D eigenvalue weighted by Gasteiger charge is -2.30. The van der Waals surface area contributed by atoms with E-state index in [1.54, 1.807) is 0 Å². The normalized spacial score (nSPS) is 12.8. The van der Waals surface area contributed by atoms with Crippen molar-refractivity contribution in [1.82, 2.24) is 9.97 Å². The minimum absolute atomic E-state index is 0.460. The highest BCUT2D eigenvalue weighted by atomic mass is 32.1. The first-order valence-electron chi connectivity index (χ1n) is 23.3. The van der Waals surface area contributed by atoms with Crippen molar-refractivity contribution in [3.63, 3.8) is 0 Å². The summed E-state index contributed by atoms with van der Waals surface area (Å²) in [5, 5.41) is 2.57. The summed E-state index contributed by atoms with van der Waals surface area (Å²) >= 11 is 1.86. The molecule has 0 saturated carbocycles. The Kier molecular flexibility index (Phi) is 8.71. The highest BCUT2D eigenvalue weighted by Crippen LogP contribution is 2.63. The molecule has 68 heavy (non-hydrogen) atoms. The van der Waals surface area contributed by atoms with Crippen LogP contribution in [0.3, 0.4) is 0 Å². The Morgan fingerprint density at radius 3 is 1.47 bits per heavy atom. The molecule has 0 radical (unpaired) electrons. The van der Waals surface area contributed by atoms with Crippen LogP contribution >= 0.6 is 11.3 Å². The predicted octanol–water partition coefficient (Wildman–Crippen LogP) is 17.2. The van der Waals surface area contributed by atoms with Crippen molar-refractivity contribution in [1.29, 1.82) is 0 Å². The zero-order chi connectivity index (χ0) is 44.8. The molecule has 2 nitrogen and oxygen atoms in total. The van der Waals surface area contributed by atoms with Crippen LogP contribution in [0, 0.1) is 0 Å². The van der Waals surface area contributed by atoms with Gasteiger partial charge in [-0.15, -0.1) is 11.3 Å². The SMILES string of the molecule is c1ccc(-c2cccc(-c3cc(-c4cc(-c5ccc6c(c5)C5(c7ccccc7-c7ccccc75)c5ccccc5-6)nc(-c5ccccc5)n4)cc(-c4cccc5c4sc4ccccc45)c3)c2)cc1. The maximum Gasteiger partial charge on any atom is 0.160 e. The molecule has 0 amide bonds. The second kappa shape index (κ2) is 15.3. The van der Waals surface area contributed by atoms with Gasteiger partial charge in [-0.25, -0.2) is 9.97 Å². The molecule has 2 heterocycles. The predicted molar refractivity (Wildman–Crippen MR) is 284 cm³/mol. The van der Waals surface area contributed by atoms with Gasteiger partial charge in [0.15, 0.2) is 5.82 Å². The largest absolute Gasteiger partial charge is 0.228 e. The van der Waals surface area contributed by atoms with Crippen LogP contribution in [0.4, 0.5) is 0 Å². The summed E-state index contributed by atoms with van der Waals surface area (Å²) in [5.41, 5.74) is 21.8. The lowest BCUT2D eigenvalue weighted by Crippen LogP contribution is -2.25. The Labute approximate surface area is 399 Å². The van der Waals surface area contributed by atoms with Gasteiger partial charge in [-0.3, -0.25) is 0 Å². The number of rotatable bonds is 6. The molecule has 0 aliphatic heterocycles. The lowest BCUT2D eigenvalue weighted by molar-refractivity contribution is 0.794. The van der Waals surface area contributed by atoms with Crippen LogP contribution in [-0.4, -0.2) is 9.97 Å². The van der Waals surface area contributed by atoms with E-state index >= 15 is 0 Å². The maximum absolute atomic E-state index is 5.46. The molecule has 0 saturated heterocycles. The van der Waals surface area contributed by atoms with E-state index in [2.05, 4.69) is 243 Å². The molecule has 0 fully saturated rings. The van der Waals surface area contributed by atoms with Crippen LogP contribution in [0.1, 0.15) is 22.3 Å². The fourth-order valence-electron chi connectivity index (χ4n) is 11.3. The van der Waals surface area contributed by atoms with Gasteiger partial charge in [0.1, 0.15) is 0 Å². The Morgan fingerprint density at radius 1 is 0.279 bits per heavy atom. The first-order chi connectivity index (χ1) is 33.7. The van der Waals surface area contributed by atoms with Gasteiger partial charge in [0, 0.05) is 36.9 Å². The van der Waals surface area contributed by atoms with Crippen molar-refractivity contribution in [2.75, 3.05) is 0 Å². The molecule has 14 rings (SSSR count). The van der Waals surface area contributed by atoms with Gasteiger partial charge in [0.25, 0.3) is 0 Å². The van der Waals surface area contributed by atoms with Crippen LogP contribution in [0.2, 0.25) is 0 Å². The Balaban J connectivity index is 1.00. The van der Waals surface area contributed by atoms with E-state index in [-0.39, 0.29) is 0 Å². The van der Waals surface area contributed by atoms with E-state index in [1.165, 1.54) is 81.4 Å². The van der Waals surface area contributed by atoms with E-state index in [4.69, 9.17) is 9.97 Å². The first kappa shape index (κ1) is 38.7. The molecule has 10 aromatic carbocycles. The van der Waals surface area contributed by atoms with Crippen molar-refractivity contribution in [2.45, 2.75) is 5.41 Å². The summed E-state index contributed by atoms with van der Waals surface area (Å²) in [6, 6.07) is 88.7. The molecular formula is C65H40N2S. The third kappa shape index (κ3) is 5.89. The average molecular weight is 881 g/mol. The lowest BCUT2D eigenvalue weighted by atomic mass is 9.70. The van der Waals surface area contributed by atoms with Gasteiger partial charge < -0.3 is 0 Å². The highest BCUT2D eigenvalue weighted by molar-refractivity contribution is 7.26. The average Bonchev–Trinajstić information content (AvgIpc) is 4.05. The van der Waals surface area contributed by atoms with Crippen molar-refractivity contribution in [2.24, 2.45) is 0 Å². The van der Waals surface area contributed by atoms with E-state index in [0.717, 1.165) is 44.8 Å². The number of thiophene rings is 1. The summed E-state index contributed by atoms with van der Waals surface area (Å²) in [6.07, 6.45) is 0. The summed E-state index contributed by atoms with van der Waals surface area (Å²) in [7, 11) is 0. The summed E-state index contributed by atoms with van der Waals surface area (Å²) < 4.78 is 2.57. The zero-order valence-electron chi connectivity index (χ0n) is 36.9. The van der Waals surface area contributed by atoms with Crippen LogP contribution in [0.15, 0.2) is 243 Å². The van der Waals surface area contributed by atoms with Crippen LogP contribution < -0.4 is 0 Å². The minimum Gasteiger partial charge on any atom is -0.228 e. The molecule has 1 spiro atoms. The van der Waals surface area contributed by atoms with Crippen LogP contribution in [-0.2, 0) is 5.41 Å². The fraction of sp³-hybridized carbons (Fsp3) is 0.0154. The van der Waals surface area contributed by atoms with Gasteiger partial charge in [-0.2, -0.15) is 0 Å². The minimum atomic E-state index is -0.460. The van der Waals surface area contributed by atoms with E-state index in [9.17, 15) is 0 Å². The van der Waals surface area contributed by atoms with Gasteiger partial charge in [0.05, 0.1) is 16.8 Å². The third-order valence-electron chi connectivity index (χ3n) is 14.3. The molecule has 12 aromatic rings. The molecular weight excluding hydrogens is 841 g/mol. The zero-order valence-corrected chi connectivity index (χ0v) is 37.7. The number of fused-ring (bicyclic) bond motifs is 13. The monoisotopic (exact) mass is 880 g/mol. The quantitative estimate of drug-likeness (QED) is 0.166. The molecule has 2 aromatic heterocycles. The van der Waals surface area contributed by atoms with Gasteiger partial charge in [-0.1, -0.05) is 200 Å². The molecule has 0 bridgehead atoms. The van der Waals surface area contributed by atoms with Gasteiger partial charge >= 0.3 is 0 Å². The molecule has 0 atom stereocenters. The summed E-state index contributed by atoms with van der Waals surface area (Å²) in [4.78, 5) is 10.9.